The van der Waals surface area contributed by atoms with Crippen molar-refractivity contribution in [3.63, 3.8) is 0 Å². The Kier molecular flexibility index (Phi) is 3.69. The van der Waals surface area contributed by atoms with Crippen molar-refractivity contribution in [3.8, 4) is 0 Å². The first kappa shape index (κ1) is 7.82. The van der Waals surface area contributed by atoms with Crippen LogP contribution in [-0.2, 0) is 0 Å². The van der Waals surface area contributed by atoms with E-state index in [1.54, 1.807) is 0 Å². The summed E-state index contributed by atoms with van der Waals surface area (Å²) < 4.78 is 0. The van der Waals surface area contributed by atoms with Crippen LogP contribution in [0, 0.1) is 13.0 Å². The van der Waals surface area contributed by atoms with Gasteiger partial charge in [-0.1, -0.05) is 24.3 Å². The second-order valence-electron chi connectivity index (χ2n) is 1.55. The van der Waals surface area contributed by atoms with Crippen LogP contribution in [0.2, 0.25) is 0 Å². The topological polar surface area (TPSA) is 0 Å². The van der Waals surface area contributed by atoms with Crippen molar-refractivity contribution in [2.45, 2.75) is 6.92 Å². The fraction of sp³-hybridized carbons (Fsp3) is 0.143. The van der Waals surface area contributed by atoms with Gasteiger partial charge in [0.25, 0.3) is 0 Å². The van der Waals surface area contributed by atoms with E-state index in [9.17, 15) is 0 Å². The first-order valence-electron chi connectivity index (χ1n) is 2.33. The summed E-state index contributed by atoms with van der Waals surface area (Å²) in [4.78, 5) is 0. The third-order valence-electron chi connectivity index (χ3n) is 0.865. The maximum atomic E-state index is 3.03. The van der Waals surface area contributed by atoms with Crippen molar-refractivity contribution in [1.82, 2.24) is 0 Å². The molecule has 0 aliphatic carbocycles. The molecular weight excluding hydrogens is 91.0 g/mol. The second kappa shape index (κ2) is 3.78. The molecule has 1 radical (unpaired) electrons. The van der Waals surface area contributed by atoms with Crippen LogP contribution in [0.25, 0.3) is 0 Å². The molecule has 0 spiro atoms. The van der Waals surface area contributed by atoms with Crippen LogP contribution in [0.4, 0.5) is 0 Å². The van der Waals surface area contributed by atoms with E-state index in [-0.39, 0.29) is 18.9 Å². The second-order valence-corrected chi connectivity index (χ2v) is 1.55. The van der Waals surface area contributed by atoms with E-state index in [2.05, 4.69) is 6.07 Å². The standard InChI is InChI=1S/C7H7.Li.H/c1-7-5-3-2-4-6-7;;/h2-5H,1H3;;. The summed E-state index contributed by atoms with van der Waals surface area (Å²) in [6, 6.07) is 10.9. The molecule has 0 aromatic heterocycles. The number of hydrogen-bond donors (Lipinski definition) is 0. The molecule has 1 aromatic carbocycles. The zero-order valence-electron chi connectivity index (χ0n) is 4.31. The van der Waals surface area contributed by atoms with Gasteiger partial charge in [-0.05, 0) is 18.6 Å². The molecule has 0 bridgehead atoms. The van der Waals surface area contributed by atoms with Crippen molar-refractivity contribution in [3.05, 3.63) is 35.9 Å². The summed E-state index contributed by atoms with van der Waals surface area (Å²) in [5.74, 6) is 0. The van der Waals surface area contributed by atoms with E-state index in [1.807, 2.05) is 31.2 Å². The average molecular weight is 99.1 g/mol. The van der Waals surface area contributed by atoms with Crippen LogP contribution in [0.5, 0.6) is 0 Å². The molecule has 0 atom stereocenters. The molecule has 1 heteroatoms. The summed E-state index contributed by atoms with van der Waals surface area (Å²) in [6.07, 6.45) is 0. The summed E-state index contributed by atoms with van der Waals surface area (Å²) in [7, 11) is 0. The van der Waals surface area contributed by atoms with E-state index in [0.717, 1.165) is 0 Å². The summed E-state index contributed by atoms with van der Waals surface area (Å²) >= 11 is 0. The third kappa shape index (κ3) is 2.21. The van der Waals surface area contributed by atoms with Crippen molar-refractivity contribution < 1.29 is 0 Å². The van der Waals surface area contributed by atoms with Crippen LogP contribution < -0.4 is 0 Å². The molecule has 0 fully saturated rings. The first-order chi connectivity index (χ1) is 3.39. The Morgan fingerprint density at radius 1 is 1.38 bits per heavy atom. The van der Waals surface area contributed by atoms with Gasteiger partial charge >= 0.3 is 18.9 Å². The van der Waals surface area contributed by atoms with Gasteiger partial charge in [0, 0.05) is 0 Å². The normalized spacial score (nSPS) is 7.62. The number of hydrogen-bond acceptors (Lipinski definition) is 0. The Bertz CT molecular complexity index is 134. The molecular formula is C7H8Li. The van der Waals surface area contributed by atoms with E-state index in [0.29, 0.717) is 0 Å². The quantitative estimate of drug-likeness (QED) is 0.428. The van der Waals surface area contributed by atoms with Crippen molar-refractivity contribution in [2.75, 3.05) is 0 Å². The van der Waals surface area contributed by atoms with Gasteiger partial charge in [0.15, 0.2) is 0 Å². The Labute approximate surface area is 62.1 Å². The third-order valence-corrected chi connectivity index (χ3v) is 0.865. The molecule has 0 saturated carbocycles. The molecule has 0 heterocycles. The van der Waals surface area contributed by atoms with Crippen LogP contribution in [-0.4, -0.2) is 18.9 Å². The molecule has 0 amide bonds. The van der Waals surface area contributed by atoms with Crippen molar-refractivity contribution in [1.29, 1.82) is 0 Å². The minimum atomic E-state index is 0. The summed E-state index contributed by atoms with van der Waals surface area (Å²) in [5.41, 5.74) is 1.20. The Balaban J connectivity index is 0.000000490. The Hall–Kier alpha value is -0.183. The van der Waals surface area contributed by atoms with Gasteiger partial charge in [-0.25, -0.2) is 0 Å². The molecule has 1 rings (SSSR count). The van der Waals surface area contributed by atoms with Crippen molar-refractivity contribution in [2.24, 2.45) is 0 Å². The van der Waals surface area contributed by atoms with Gasteiger partial charge < -0.3 is 0 Å². The van der Waals surface area contributed by atoms with Gasteiger partial charge in [0.2, 0.25) is 0 Å². The number of rotatable bonds is 0. The minimum absolute atomic E-state index is 0. The van der Waals surface area contributed by atoms with Gasteiger partial charge in [-0.15, -0.1) is 0 Å². The van der Waals surface area contributed by atoms with Crippen LogP contribution in [0.15, 0.2) is 24.3 Å². The molecule has 8 heavy (non-hydrogen) atoms. The molecule has 0 saturated heterocycles. The monoisotopic (exact) mass is 99.1 g/mol. The van der Waals surface area contributed by atoms with Gasteiger partial charge in [-0.3, -0.25) is 0 Å². The molecule has 0 aliphatic rings. The SMILES string of the molecule is Cc1[c]cccc1.[LiH]. The van der Waals surface area contributed by atoms with E-state index in [4.69, 9.17) is 0 Å². The molecule has 0 nitrogen and oxygen atoms in total. The first-order valence-corrected chi connectivity index (χ1v) is 2.33. The molecule has 0 N–H and O–H groups in total. The molecule has 1 aromatic rings. The van der Waals surface area contributed by atoms with E-state index >= 15 is 0 Å². The average Bonchev–Trinajstić information content (AvgIpc) is 1.69. The van der Waals surface area contributed by atoms with Gasteiger partial charge in [0.1, 0.15) is 0 Å². The molecule has 0 unspecified atom stereocenters. The Morgan fingerprint density at radius 3 is 2.38 bits per heavy atom. The zero-order valence-corrected chi connectivity index (χ0v) is 4.31. The maximum absolute atomic E-state index is 3.03. The molecule has 0 aliphatic heterocycles. The van der Waals surface area contributed by atoms with Gasteiger partial charge in [-0.2, -0.15) is 0 Å². The van der Waals surface area contributed by atoms with E-state index < -0.39 is 0 Å². The van der Waals surface area contributed by atoms with Crippen molar-refractivity contribution >= 4 is 18.9 Å². The zero-order chi connectivity index (χ0) is 5.11. The van der Waals surface area contributed by atoms with Gasteiger partial charge in [0.05, 0.1) is 0 Å². The fourth-order valence-corrected chi connectivity index (χ4v) is 0.483. The summed E-state index contributed by atoms with van der Waals surface area (Å²) in [6.45, 7) is 2.03. The molecule has 37 valence electrons. The number of benzene rings is 1. The van der Waals surface area contributed by atoms with Crippen LogP contribution in [0.1, 0.15) is 5.56 Å². The fourth-order valence-electron chi connectivity index (χ4n) is 0.483. The predicted molar refractivity (Wildman–Crippen MR) is 37.2 cm³/mol. The van der Waals surface area contributed by atoms with Crippen LogP contribution in [0.3, 0.4) is 0 Å². The van der Waals surface area contributed by atoms with E-state index in [1.165, 1.54) is 5.56 Å². The Morgan fingerprint density at radius 2 is 2.12 bits per heavy atom. The van der Waals surface area contributed by atoms with Crippen LogP contribution >= 0.6 is 0 Å². The number of aryl methyl sites for hydroxylation is 1. The summed E-state index contributed by atoms with van der Waals surface area (Å²) in [5, 5.41) is 0. The predicted octanol–water partition coefficient (Wildman–Crippen LogP) is 1.15.